The minimum atomic E-state index is -0.474. The molecule has 1 heterocycles. The van der Waals surface area contributed by atoms with E-state index in [0.717, 1.165) is 11.3 Å². The number of benzene rings is 2. The Morgan fingerprint density at radius 1 is 1.14 bits per heavy atom. The zero-order valence-electron chi connectivity index (χ0n) is 15.2. The van der Waals surface area contributed by atoms with E-state index in [1.54, 1.807) is 18.2 Å². The van der Waals surface area contributed by atoms with Crippen LogP contribution in [-0.4, -0.2) is 36.3 Å². The van der Waals surface area contributed by atoms with E-state index in [4.69, 9.17) is 0 Å². The molecule has 0 spiro atoms. The van der Waals surface area contributed by atoms with Gasteiger partial charge in [-0.05, 0) is 35.5 Å². The van der Waals surface area contributed by atoms with Crippen molar-refractivity contribution in [3.05, 3.63) is 74.7 Å². The van der Waals surface area contributed by atoms with Crippen LogP contribution < -0.4 is 10.2 Å². The summed E-state index contributed by atoms with van der Waals surface area (Å²) in [4.78, 5) is 24.9. The minimum absolute atomic E-state index is 0.0225. The predicted molar refractivity (Wildman–Crippen MR) is 113 cm³/mol. The van der Waals surface area contributed by atoms with Crippen LogP contribution in [-0.2, 0) is 4.79 Å². The van der Waals surface area contributed by atoms with E-state index in [0.29, 0.717) is 15.6 Å². The third-order valence-electron chi connectivity index (χ3n) is 3.79. The number of thioether (sulfide) groups is 1. The first-order chi connectivity index (χ1) is 13.4. The van der Waals surface area contributed by atoms with Gasteiger partial charge in [-0.2, -0.15) is 5.10 Å². The van der Waals surface area contributed by atoms with Gasteiger partial charge in [0.15, 0.2) is 5.17 Å². The number of amides is 1. The number of nitrogens with one attached hydrogen (secondary N) is 1. The molecule has 1 aliphatic rings. The molecular formula is C19H17N5O3S. The fourth-order valence-corrected chi connectivity index (χ4v) is 3.14. The first-order valence-electron chi connectivity index (χ1n) is 8.26. The lowest BCUT2D eigenvalue weighted by atomic mass is 10.2. The van der Waals surface area contributed by atoms with Crippen molar-refractivity contribution in [1.29, 1.82) is 0 Å². The number of hydrogen-bond donors (Lipinski definition) is 1. The average molecular weight is 395 g/mol. The molecule has 0 atom stereocenters. The third kappa shape index (κ3) is 4.83. The lowest BCUT2D eigenvalue weighted by Gasteiger charge is -2.11. The second kappa shape index (κ2) is 8.49. The van der Waals surface area contributed by atoms with Crippen LogP contribution in [0.2, 0.25) is 0 Å². The van der Waals surface area contributed by atoms with Crippen molar-refractivity contribution in [3.63, 3.8) is 0 Å². The highest BCUT2D eigenvalue weighted by atomic mass is 32.2. The maximum Gasteiger partial charge on any atom is 0.270 e. The van der Waals surface area contributed by atoms with Crippen LogP contribution in [0.1, 0.15) is 11.1 Å². The Morgan fingerprint density at radius 2 is 1.89 bits per heavy atom. The summed E-state index contributed by atoms with van der Waals surface area (Å²) in [5.74, 6) is -0.244. The molecule has 0 unspecified atom stereocenters. The number of nitrogens with zero attached hydrogens (tertiary/aromatic N) is 4. The highest BCUT2D eigenvalue weighted by molar-refractivity contribution is 8.18. The molecule has 9 heteroatoms. The van der Waals surface area contributed by atoms with E-state index in [9.17, 15) is 14.9 Å². The first-order valence-corrected chi connectivity index (χ1v) is 9.08. The zero-order valence-corrected chi connectivity index (χ0v) is 16.0. The summed E-state index contributed by atoms with van der Waals surface area (Å²) >= 11 is 1.19. The fraction of sp³-hybridized carbons (Fsp3) is 0.105. The average Bonchev–Trinajstić information content (AvgIpc) is 3.01. The van der Waals surface area contributed by atoms with Crippen molar-refractivity contribution in [1.82, 2.24) is 5.32 Å². The summed E-state index contributed by atoms with van der Waals surface area (Å²) < 4.78 is 0. The Bertz CT molecular complexity index is 997. The number of non-ortho nitro benzene ring substituents is 1. The largest absolute Gasteiger partial charge is 0.378 e. The lowest BCUT2D eigenvalue weighted by molar-refractivity contribution is -0.384. The van der Waals surface area contributed by atoms with Crippen LogP contribution in [0.4, 0.5) is 11.4 Å². The monoisotopic (exact) mass is 395 g/mol. The van der Waals surface area contributed by atoms with Crippen LogP contribution in [0.25, 0.3) is 6.08 Å². The van der Waals surface area contributed by atoms with Gasteiger partial charge in [0.05, 0.1) is 16.0 Å². The molecule has 0 radical (unpaired) electrons. The number of rotatable bonds is 5. The standard InChI is InChI=1S/C19H17N5O3S/c1-23(2)15-8-6-13(7-9-15)11-17-18(25)21-19(28-17)22-20-12-14-4-3-5-16(10-14)24(26)27/h3-12H,1-2H3,(H,21,22,25). The molecule has 3 rings (SSSR count). The van der Waals surface area contributed by atoms with Crippen molar-refractivity contribution >= 4 is 46.5 Å². The molecule has 1 saturated heterocycles. The Kier molecular flexibility index (Phi) is 5.85. The Labute approximate surface area is 165 Å². The molecule has 2 aromatic rings. The number of nitro groups is 1. The zero-order chi connectivity index (χ0) is 20.1. The maximum absolute atomic E-state index is 12.1. The number of carbonyl (C=O) groups is 1. The van der Waals surface area contributed by atoms with E-state index in [1.165, 1.54) is 30.1 Å². The maximum atomic E-state index is 12.1. The summed E-state index contributed by atoms with van der Waals surface area (Å²) in [5, 5.41) is 21.7. The SMILES string of the molecule is CN(C)c1ccc(C=C2S/C(=N/N=Cc3cccc([N+](=O)[O-])c3)NC2=O)cc1. The molecule has 0 saturated carbocycles. The van der Waals surface area contributed by atoms with E-state index in [1.807, 2.05) is 43.3 Å². The van der Waals surface area contributed by atoms with Crippen LogP contribution >= 0.6 is 11.8 Å². The van der Waals surface area contributed by atoms with Crippen LogP contribution in [0.3, 0.4) is 0 Å². The van der Waals surface area contributed by atoms with E-state index in [-0.39, 0.29) is 11.6 Å². The lowest BCUT2D eigenvalue weighted by Crippen LogP contribution is -2.19. The second-order valence-electron chi connectivity index (χ2n) is 6.05. The van der Waals surface area contributed by atoms with Gasteiger partial charge in [-0.1, -0.05) is 24.3 Å². The molecular weight excluding hydrogens is 378 g/mol. The van der Waals surface area contributed by atoms with E-state index >= 15 is 0 Å². The first kappa shape index (κ1) is 19.3. The van der Waals surface area contributed by atoms with Gasteiger partial charge in [0, 0.05) is 37.5 Å². The molecule has 0 bridgehead atoms. The van der Waals surface area contributed by atoms with Crippen molar-refractivity contribution in [3.8, 4) is 0 Å². The molecule has 1 aliphatic heterocycles. The number of hydrogen-bond acceptors (Lipinski definition) is 7. The summed E-state index contributed by atoms with van der Waals surface area (Å²) in [7, 11) is 3.93. The van der Waals surface area contributed by atoms with Gasteiger partial charge in [-0.3, -0.25) is 20.2 Å². The highest BCUT2D eigenvalue weighted by Gasteiger charge is 2.23. The van der Waals surface area contributed by atoms with Gasteiger partial charge in [0.25, 0.3) is 11.6 Å². The Balaban J connectivity index is 1.69. The van der Waals surface area contributed by atoms with Crippen LogP contribution in [0.15, 0.2) is 63.6 Å². The predicted octanol–water partition coefficient (Wildman–Crippen LogP) is 3.25. The van der Waals surface area contributed by atoms with Gasteiger partial charge in [-0.15, -0.1) is 5.10 Å². The number of anilines is 1. The molecule has 0 aliphatic carbocycles. The quantitative estimate of drug-likeness (QED) is 0.362. The Hall–Kier alpha value is -3.46. The van der Waals surface area contributed by atoms with Gasteiger partial charge < -0.3 is 4.90 Å². The van der Waals surface area contributed by atoms with E-state index in [2.05, 4.69) is 15.5 Å². The summed E-state index contributed by atoms with van der Waals surface area (Å²) in [6.45, 7) is 0. The van der Waals surface area contributed by atoms with E-state index < -0.39 is 4.92 Å². The molecule has 28 heavy (non-hydrogen) atoms. The number of carbonyl (C=O) groups excluding carboxylic acids is 1. The molecule has 1 fully saturated rings. The van der Waals surface area contributed by atoms with Crippen molar-refractivity contribution in [2.24, 2.45) is 10.2 Å². The number of nitro benzene ring substituents is 1. The summed E-state index contributed by atoms with van der Waals surface area (Å²) in [6.07, 6.45) is 3.18. The van der Waals surface area contributed by atoms with Gasteiger partial charge in [0.2, 0.25) is 0 Å². The fourth-order valence-electron chi connectivity index (χ4n) is 2.36. The smallest absolute Gasteiger partial charge is 0.270 e. The topological polar surface area (TPSA) is 100 Å². The Morgan fingerprint density at radius 3 is 2.57 bits per heavy atom. The van der Waals surface area contributed by atoms with Crippen LogP contribution in [0.5, 0.6) is 0 Å². The minimum Gasteiger partial charge on any atom is -0.378 e. The van der Waals surface area contributed by atoms with Crippen molar-refractivity contribution < 1.29 is 9.72 Å². The van der Waals surface area contributed by atoms with Gasteiger partial charge in [-0.25, -0.2) is 0 Å². The van der Waals surface area contributed by atoms with Crippen molar-refractivity contribution in [2.75, 3.05) is 19.0 Å². The van der Waals surface area contributed by atoms with Gasteiger partial charge >= 0.3 is 0 Å². The van der Waals surface area contributed by atoms with Gasteiger partial charge in [0.1, 0.15) is 0 Å². The van der Waals surface area contributed by atoms with Crippen LogP contribution in [0, 0.1) is 10.1 Å². The second-order valence-corrected chi connectivity index (χ2v) is 7.08. The van der Waals surface area contributed by atoms with Crippen molar-refractivity contribution in [2.45, 2.75) is 0 Å². The molecule has 1 amide bonds. The summed E-state index contributed by atoms with van der Waals surface area (Å²) in [5.41, 5.74) is 2.50. The molecule has 2 aromatic carbocycles. The molecule has 1 N–H and O–H groups in total. The highest BCUT2D eigenvalue weighted by Crippen LogP contribution is 2.26. The molecule has 142 valence electrons. The normalized spacial score (nSPS) is 16.7. The number of amidine groups is 1. The summed E-state index contributed by atoms with van der Waals surface area (Å²) in [6, 6.07) is 13.9. The molecule has 0 aromatic heterocycles. The molecule has 8 nitrogen and oxygen atoms in total. The third-order valence-corrected chi connectivity index (χ3v) is 4.69.